The lowest BCUT2D eigenvalue weighted by atomic mass is 10.2. The van der Waals surface area contributed by atoms with Crippen LogP contribution in [0.1, 0.15) is 6.42 Å². The van der Waals surface area contributed by atoms with E-state index >= 15 is 0 Å². The molecule has 0 saturated heterocycles. The lowest BCUT2D eigenvalue weighted by molar-refractivity contribution is -0.116. The Labute approximate surface area is 92.7 Å². The van der Waals surface area contributed by atoms with Gasteiger partial charge in [-0.3, -0.25) is 4.79 Å². The lowest BCUT2D eigenvalue weighted by Crippen LogP contribution is -2.12. The van der Waals surface area contributed by atoms with Crippen molar-refractivity contribution in [1.82, 2.24) is 9.55 Å². The number of amides is 1. The Bertz CT molecular complexity index is 519. The van der Waals surface area contributed by atoms with Crippen molar-refractivity contribution in [2.75, 3.05) is 11.9 Å². The summed E-state index contributed by atoms with van der Waals surface area (Å²) in [6.45, 7) is -0.141. The normalized spacial score (nSPS) is 10.6. The van der Waals surface area contributed by atoms with Crippen LogP contribution in [-0.4, -0.2) is 27.2 Å². The molecule has 0 aliphatic rings. The third-order valence-corrected chi connectivity index (χ3v) is 2.35. The molecule has 0 aliphatic heterocycles. The summed E-state index contributed by atoms with van der Waals surface area (Å²) < 4.78 is 1.91. The number of aliphatic hydroxyl groups excluding tert-OH is 1. The second-order valence-corrected chi connectivity index (χ2v) is 3.58. The molecule has 1 heterocycles. The van der Waals surface area contributed by atoms with Gasteiger partial charge in [0.05, 0.1) is 30.4 Å². The maximum absolute atomic E-state index is 11.3. The number of hydrogen-bond donors (Lipinski definition) is 2. The molecule has 0 saturated carbocycles. The van der Waals surface area contributed by atoms with Gasteiger partial charge in [-0.2, -0.15) is 0 Å². The van der Waals surface area contributed by atoms with Crippen molar-refractivity contribution in [2.45, 2.75) is 6.42 Å². The van der Waals surface area contributed by atoms with Gasteiger partial charge in [-0.25, -0.2) is 4.98 Å². The Balaban J connectivity index is 2.23. The zero-order valence-corrected chi connectivity index (χ0v) is 8.97. The molecule has 1 aromatic carbocycles. The second-order valence-electron chi connectivity index (χ2n) is 3.58. The lowest BCUT2D eigenvalue weighted by Gasteiger charge is -2.03. The van der Waals surface area contributed by atoms with Gasteiger partial charge in [-0.15, -0.1) is 0 Å². The third kappa shape index (κ3) is 2.04. The molecule has 1 aromatic heterocycles. The van der Waals surface area contributed by atoms with Crippen LogP contribution in [0.2, 0.25) is 0 Å². The minimum atomic E-state index is -0.196. The van der Waals surface area contributed by atoms with E-state index in [2.05, 4.69) is 10.3 Å². The highest BCUT2D eigenvalue weighted by atomic mass is 16.3. The third-order valence-electron chi connectivity index (χ3n) is 2.35. The molecule has 84 valence electrons. The summed E-state index contributed by atoms with van der Waals surface area (Å²) in [5, 5.41) is 11.3. The van der Waals surface area contributed by atoms with Crippen LogP contribution in [0.15, 0.2) is 24.5 Å². The Morgan fingerprint density at radius 1 is 1.56 bits per heavy atom. The number of benzene rings is 1. The number of anilines is 1. The summed E-state index contributed by atoms with van der Waals surface area (Å²) in [6, 6.07) is 5.53. The molecule has 5 nitrogen and oxygen atoms in total. The number of imidazole rings is 1. The summed E-state index contributed by atoms with van der Waals surface area (Å²) in [5.74, 6) is -0.196. The number of hydrogen-bond acceptors (Lipinski definition) is 3. The van der Waals surface area contributed by atoms with E-state index in [0.717, 1.165) is 11.0 Å². The molecule has 0 radical (unpaired) electrons. The van der Waals surface area contributed by atoms with Crippen molar-refractivity contribution in [1.29, 1.82) is 0 Å². The van der Waals surface area contributed by atoms with Crippen molar-refractivity contribution >= 4 is 22.6 Å². The number of rotatable bonds is 3. The minimum absolute atomic E-state index is 0.111. The molecule has 0 spiro atoms. The average molecular weight is 219 g/mol. The predicted molar refractivity (Wildman–Crippen MR) is 61.0 cm³/mol. The minimum Gasteiger partial charge on any atom is -0.396 e. The molecule has 5 heteroatoms. The molecule has 2 aromatic rings. The van der Waals surface area contributed by atoms with Gasteiger partial charge in [0.15, 0.2) is 0 Å². The summed E-state index contributed by atoms with van der Waals surface area (Å²) in [7, 11) is 1.92. The Kier molecular flexibility index (Phi) is 2.87. The van der Waals surface area contributed by atoms with Gasteiger partial charge in [0.1, 0.15) is 0 Å². The largest absolute Gasteiger partial charge is 0.396 e. The van der Waals surface area contributed by atoms with E-state index < -0.39 is 0 Å². The van der Waals surface area contributed by atoms with Crippen molar-refractivity contribution in [3.63, 3.8) is 0 Å². The highest BCUT2D eigenvalue weighted by Gasteiger charge is 2.04. The van der Waals surface area contributed by atoms with Crippen molar-refractivity contribution < 1.29 is 9.90 Å². The number of carbonyl (C=O) groups excluding carboxylic acids is 1. The molecule has 0 unspecified atom stereocenters. The number of carbonyl (C=O) groups is 1. The number of nitrogens with one attached hydrogen (secondary N) is 1. The zero-order chi connectivity index (χ0) is 11.5. The van der Waals surface area contributed by atoms with E-state index in [-0.39, 0.29) is 18.9 Å². The molecular formula is C11H13N3O2. The van der Waals surface area contributed by atoms with Crippen LogP contribution in [0, 0.1) is 0 Å². The highest BCUT2D eigenvalue weighted by molar-refractivity contribution is 5.93. The Morgan fingerprint density at radius 3 is 3.12 bits per heavy atom. The van der Waals surface area contributed by atoms with Crippen LogP contribution < -0.4 is 5.32 Å². The summed E-state index contributed by atoms with van der Waals surface area (Å²) in [4.78, 5) is 15.5. The van der Waals surface area contributed by atoms with Gasteiger partial charge in [0.2, 0.25) is 5.91 Å². The fourth-order valence-electron chi connectivity index (χ4n) is 1.54. The first-order chi connectivity index (χ1) is 7.70. The maximum atomic E-state index is 11.3. The van der Waals surface area contributed by atoms with Crippen molar-refractivity contribution in [3.05, 3.63) is 24.5 Å². The van der Waals surface area contributed by atoms with Crippen LogP contribution >= 0.6 is 0 Å². The predicted octanol–water partition coefficient (Wildman–Crippen LogP) is 0.894. The molecule has 2 rings (SSSR count). The standard InChI is InChI=1S/C11H13N3O2/c1-14-7-12-9-6-8(2-3-10(9)14)13-11(16)4-5-15/h2-3,6-7,15H,4-5H2,1H3,(H,13,16). The molecular weight excluding hydrogens is 206 g/mol. The molecule has 2 N–H and O–H groups in total. The zero-order valence-electron chi connectivity index (χ0n) is 8.97. The van der Waals surface area contributed by atoms with Crippen LogP contribution in [0.25, 0.3) is 11.0 Å². The smallest absolute Gasteiger partial charge is 0.226 e. The van der Waals surface area contributed by atoms with Crippen LogP contribution in [0.3, 0.4) is 0 Å². The fraction of sp³-hybridized carbons (Fsp3) is 0.273. The SMILES string of the molecule is Cn1cnc2cc(NC(=O)CCO)ccc21. The molecule has 1 amide bonds. The van der Waals surface area contributed by atoms with Gasteiger partial charge in [-0.1, -0.05) is 0 Å². The molecule has 0 aliphatic carbocycles. The van der Waals surface area contributed by atoms with Gasteiger partial charge in [0, 0.05) is 12.7 Å². The van der Waals surface area contributed by atoms with Gasteiger partial charge >= 0.3 is 0 Å². The topological polar surface area (TPSA) is 67.2 Å². The van der Waals surface area contributed by atoms with Crippen LogP contribution in [0.5, 0.6) is 0 Å². The molecule has 16 heavy (non-hydrogen) atoms. The van der Waals surface area contributed by atoms with E-state index in [1.165, 1.54) is 0 Å². The Hall–Kier alpha value is -1.88. The number of aromatic nitrogens is 2. The Morgan fingerprint density at radius 2 is 2.38 bits per heavy atom. The van der Waals surface area contributed by atoms with Crippen LogP contribution in [-0.2, 0) is 11.8 Å². The van der Waals surface area contributed by atoms with Gasteiger partial charge in [-0.05, 0) is 18.2 Å². The average Bonchev–Trinajstić information content (AvgIpc) is 2.60. The maximum Gasteiger partial charge on any atom is 0.226 e. The van der Waals surface area contributed by atoms with E-state index in [4.69, 9.17) is 5.11 Å². The highest BCUT2D eigenvalue weighted by Crippen LogP contribution is 2.17. The number of nitrogens with zero attached hydrogens (tertiary/aromatic N) is 2. The summed E-state index contributed by atoms with van der Waals surface area (Å²) in [6.07, 6.45) is 1.84. The van der Waals surface area contributed by atoms with E-state index in [1.807, 2.05) is 29.8 Å². The molecule has 0 fully saturated rings. The van der Waals surface area contributed by atoms with E-state index in [9.17, 15) is 4.79 Å². The van der Waals surface area contributed by atoms with Crippen molar-refractivity contribution in [3.8, 4) is 0 Å². The second kappa shape index (κ2) is 4.32. The summed E-state index contributed by atoms with van der Waals surface area (Å²) >= 11 is 0. The number of aryl methyl sites for hydroxylation is 1. The van der Waals surface area contributed by atoms with E-state index in [1.54, 1.807) is 6.33 Å². The number of aliphatic hydroxyl groups is 1. The fourth-order valence-corrected chi connectivity index (χ4v) is 1.54. The number of fused-ring (bicyclic) bond motifs is 1. The van der Waals surface area contributed by atoms with Gasteiger partial charge < -0.3 is 15.0 Å². The first-order valence-corrected chi connectivity index (χ1v) is 5.02. The monoisotopic (exact) mass is 219 g/mol. The molecule has 0 atom stereocenters. The molecule has 0 bridgehead atoms. The van der Waals surface area contributed by atoms with E-state index in [0.29, 0.717) is 5.69 Å². The van der Waals surface area contributed by atoms with Gasteiger partial charge in [0.25, 0.3) is 0 Å². The summed E-state index contributed by atoms with van der Waals surface area (Å²) in [5.41, 5.74) is 2.55. The first-order valence-electron chi connectivity index (χ1n) is 5.02. The van der Waals surface area contributed by atoms with Crippen molar-refractivity contribution in [2.24, 2.45) is 7.05 Å². The first kappa shape index (κ1) is 10.6. The quantitative estimate of drug-likeness (QED) is 0.805. The van der Waals surface area contributed by atoms with Crippen LogP contribution in [0.4, 0.5) is 5.69 Å².